The van der Waals surface area contributed by atoms with E-state index < -0.39 is 4.92 Å². The highest BCUT2D eigenvalue weighted by Gasteiger charge is 1.86. The van der Waals surface area contributed by atoms with Crippen LogP contribution in [0.5, 0.6) is 0 Å². The van der Waals surface area contributed by atoms with Crippen molar-refractivity contribution in [3.05, 3.63) is 33.4 Å². The van der Waals surface area contributed by atoms with Gasteiger partial charge in [0.2, 0.25) is 6.20 Å². The van der Waals surface area contributed by atoms with Gasteiger partial charge in [-0.15, -0.1) is 0 Å². The smallest absolute Gasteiger partial charge is 0.236 e. The molecule has 0 rings (SSSR count). The average molecular weight is 136 g/mol. The summed E-state index contributed by atoms with van der Waals surface area (Å²) in [4.78, 5) is 8.88. The Kier molecular flexibility index (Phi) is 3.24. The predicted octanol–water partition coefficient (Wildman–Crippen LogP) is 0.466. The van der Waals surface area contributed by atoms with E-state index in [1.807, 2.05) is 0 Å². The zero-order valence-electron chi connectivity index (χ0n) is 4.81. The fraction of sp³-hybridized carbons (Fsp3) is 0. The van der Waals surface area contributed by atoms with Crippen molar-refractivity contribution >= 4 is 5.87 Å². The van der Waals surface area contributed by atoms with Crippen LogP contribution in [-0.2, 0) is 0 Å². The summed E-state index contributed by atoms with van der Waals surface area (Å²) >= 11 is 0. The molecule has 5 nitrogen and oxygen atoms in total. The first-order valence-corrected chi connectivity index (χ1v) is 2.19. The quantitative estimate of drug-likeness (QED) is 0.181. The summed E-state index contributed by atoms with van der Waals surface area (Å²) < 4.78 is 0. The van der Waals surface area contributed by atoms with Gasteiger partial charge < -0.3 is 5.41 Å². The minimum absolute atomic E-state index is 0.281. The van der Waals surface area contributed by atoms with E-state index in [2.05, 4.69) is 0 Å². The summed E-state index contributed by atoms with van der Waals surface area (Å²) in [6, 6.07) is 1.47. The summed E-state index contributed by atoms with van der Waals surface area (Å²) in [7, 11) is 0. The van der Waals surface area contributed by atoms with Gasteiger partial charge in [-0.2, -0.15) is 5.26 Å². The lowest BCUT2D eigenvalue weighted by atomic mass is 10.3. The van der Waals surface area contributed by atoms with Crippen molar-refractivity contribution < 1.29 is 4.92 Å². The average Bonchev–Trinajstić information content (AvgIpc) is 1.90. The minimum Gasteiger partial charge on any atom is -0.762 e. The van der Waals surface area contributed by atoms with E-state index in [1.54, 1.807) is 0 Å². The summed E-state index contributed by atoms with van der Waals surface area (Å²) in [5, 5.41) is 25.7. The monoisotopic (exact) mass is 136 g/mol. The van der Waals surface area contributed by atoms with Crippen LogP contribution in [0.15, 0.2) is 17.8 Å². The molecule has 0 saturated heterocycles. The Morgan fingerprint density at radius 2 is 2.40 bits per heavy atom. The SMILES string of the molecule is N#CC(=C=[N-])C=C[N+](=O)[O-]. The molecule has 0 bridgehead atoms. The summed E-state index contributed by atoms with van der Waals surface area (Å²) in [6.45, 7) is 0. The number of allylic oxidation sites excluding steroid dienone is 2. The molecule has 0 amide bonds. The maximum atomic E-state index is 9.62. The molecule has 0 N–H and O–H groups in total. The second-order valence-electron chi connectivity index (χ2n) is 1.24. The van der Waals surface area contributed by atoms with Gasteiger partial charge in [0.15, 0.2) is 0 Å². The molecule has 0 spiro atoms. The van der Waals surface area contributed by atoms with E-state index in [1.165, 1.54) is 11.9 Å². The number of hydrogen-bond acceptors (Lipinski definition) is 3. The zero-order chi connectivity index (χ0) is 7.98. The van der Waals surface area contributed by atoms with Crippen LogP contribution >= 0.6 is 0 Å². The van der Waals surface area contributed by atoms with E-state index in [-0.39, 0.29) is 5.57 Å². The molecule has 0 aliphatic carbocycles. The predicted molar refractivity (Wildman–Crippen MR) is 33.6 cm³/mol. The molecule has 0 heterocycles. The summed E-state index contributed by atoms with van der Waals surface area (Å²) in [6.07, 6.45) is 1.39. The molecule has 10 heavy (non-hydrogen) atoms. The van der Waals surface area contributed by atoms with Crippen molar-refractivity contribution in [2.45, 2.75) is 0 Å². The van der Waals surface area contributed by atoms with Crippen LogP contribution in [0.2, 0.25) is 0 Å². The molecular formula is C5H2N3O2-. The van der Waals surface area contributed by atoms with Gasteiger partial charge in [0.25, 0.3) is 0 Å². The molecule has 0 saturated carbocycles. The fourth-order valence-corrected chi connectivity index (χ4v) is 0.235. The molecule has 5 heteroatoms. The van der Waals surface area contributed by atoms with Gasteiger partial charge in [0.1, 0.15) is 6.07 Å². The Bertz CT molecular complexity index is 255. The topological polar surface area (TPSA) is 89.2 Å². The second-order valence-corrected chi connectivity index (χ2v) is 1.24. The Morgan fingerprint density at radius 1 is 1.80 bits per heavy atom. The Morgan fingerprint density at radius 3 is 2.70 bits per heavy atom. The standard InChI is InChI=1S/C5H2N3O2/c6-3-5(4-7)1-2-8(9)10/h1-2H/q-1. The molecule has 0 aliphatic rings. The largest absolute Gasteiger partial charge is 0.762 e. The van der Waals surface area contributed by atoms with Crippen LogP contribution in [0, 0.1) is 21.4 Å². The number of rotatable bonds is 2. The van der Waals surface area contributed by atoms with Crippen LogP contribution in [0.4, 0.5) is 0 Å². The first-order chi connectivity index (χ1) is 4.70. The first kappa shape index (κ1) is 8.08. The first-order valence-electron chi connectivity index (χ1n) is 2.19. The molecule has 50 valence electrons. The normalized spacial score (nSPS) is 8.30. The lowest BCUT2D eigenvalue weighted by Crippen LogP contribution is -1.83. The highest BCUT2D eigenvalue weighted by molar-refractivity contribution is 5.69. The summed E-state index contributed by atoms with van der Waals surface area (Å²) in [5.41, 5.74) is -0.281. The number of nitriles is 1. The van der Waals surface area contributed by atoms with Gasteiger partial charge in [-0.3, -0.25) is 16.0 Å². The molecule has 0 aromatic heterocycles. The number of nitrogens with zero attached hydrogens (tertiary/aromatic N) is 3. The second kappa shape index (κ2) is 4.01. The van der Waals surface area contributed by atoms with Crippen molar-refractivity contribution in [2.75, 3.05) is 0 Å². The highest BCUT2D eigenvalue weighted by Crippen LogP contribution is 1.87. The molecule has 0 aliphatic heterocycles. The molecule has 0 fully saturated rings. The molecule has 0 unspecified atom stereocenters. The van der Waals surface area contributed by atoms with E-state index >= 15 is 0 Å². The Hall–Kier alpha value is -1.92. The van der Waals surface area contributed by atoms with Crippen molar-refractivity contribution in [3.8, 4) is 6.07 Å². The van der Waals surface area contributed by atoms with E-state index in [9.17, 15) is 10.1 Å². The van der Waals surface area contributed by atoms with Crippen LogP contribution in [0.1, 0.15) is 0 Å². The molecule has 0 atom stereocenters. The Labute approximate surface area is 56.6 Å². The lowest BCUT2D eigenvalue weighted by Gasteiger charge is -1.79. The minimum atomic E-state index is -0.741. The van der Waals surface area contributed by atoms with Gasteiger partial charge in [-0.1, -0.05) is 0 Å². The Balaban J connectivity index is 4.31. The molecule has 0 radical (unpaired) electrons. The number of hydrogen-bond donors (Lipinski definition) is 0. The molecule has 0 aromatic carbocycles. The third kappa shape index (κ3) is 3.13. The van der Waals surface area contributed by atoms with Crippen molar-refractivity contribution in [2.24, 2.45) is 0 Å². The molecular weight excluding hydrogens is 134 g/mol. The van der Waals surface area contributed by atoms with Crippen molar-refractivity contribution in [3.63, 3.8) is 0 Å². The van der Waals surface area contributed by atoms with Crippen LogP contribution in [0.25, 0.3) is 5.41 Å². The fourth-order valence-electron chi connectivity index (χ4n) is 0.235. The van der Waals surface area contributed by atoms with Gasteiger partial charge in [0.05, 0.1) is 10.5 Å². The van der Waals surface area contributed by atoms with Gasteiger partial charge in [-0.05, 0) is 0 Å². The van der Waals surface area contributed by atoms with Crippen LogP contribution < -0.4 is 0 Å². The van der Waals surface area contributed by atoms with E-state index in [0.717, 1.165) is 6.08 Å². The van der Waals surface area contributed by atoms with Gasteiger partial charge in [0, 0.05) is 6.08 Å². The van der Waals surface area contributed by atoms with E-state index in [0.29, 0.717) is 6.20 Å². The van der Waals surface area contributed by atoms with Crippen molar-refractivity contribution in [1.82, 2.24) is 0 Å². The summed E-state index contributed by atoms with van der Waals surface area (Å²) in [5.74, 6) is 1.47. The highest BCUT2D eigenvalue weighted by atomic mass is 16.6. The maximum absolute atomic E-state index is 9.62. The lowest BCUT2D eigenvalue weighted by molar-refractivity contribution is -0.402. The van der Waals surface area contributed by atoms with Crippen LogP contribution in [0.3, 0.4) is 0 Å². The van der Waals surface area contributed by atoms with Gasteiger partial charge >= 0.3 is 0 Å². The molecule has 0 aromatic rings. The third-order valence-electron chi connectivity index (χ3n) is 0.604. The number of nitro groups is 1. The van der Waals surface area contributed by atoms with Crippen molar-refractivity contribution in [1.29, 1.82) is 5.26 Å². The van der Waals surface area contributed by atoms with Gasteiger partial charge in [-0.25, -0.2) is 0 Å². The van der Waals surface area contributed by atoms with E-state index in [4.69, 9.17) is 10.7 Å². The van der Waals surface area contributed by atoms with Crippen LogP contribution in [-0.4, -0.2) is 10.8 Å². The maximum Gasteiger partial charge on any atom is 0.236 e. The zero-order valence-corrected chi connectivity index (χ0v) is 4.81. The third-order valence-corrected chi connectivity index (χ3v) is 0.604.